The van der Waals surface area contributed by atoms with Crippen molar-refractivity contribution in [1.82, 2.24) is 15.0 Å². The first-order valence-corrected chi connectivity index (χ1v) is 8.30. The fraction of sp³-hybridized carbons (Fsp3) is 0.167. The summed E-state index contributed by atoms with van der Waals surface area (Å²) >= 11 is 6.14. The molecule has 0 saturated carbocycles. The number of carbonyl (C=O) groups excluding carboxylic acids is 1. The van der Waals surface area contributed by atoms with Gasteiger partial charge in [0.15, 0.2) is 0 Å². The molecule has 1 aliphatic rings. The van der Waals surface area contributed by atoms with Crippen LogP contribution in [0.2, 0.25) is 5.02 Å². The van der Waals surface area contributed by atoms with E-state index in [1.807, 2.05) is 25.1 Å². The van der Waals surface area contributed by atoms with Crippen molar-refractivity contribution >= 4 is 23.3 Å². The maximum absolute atomic E-state index is 12.0. The van der Waals surface area contributed by atoms with Crippen LogP contribution in [-0.2, 0) is 6.42 Å². The van der Waals surface area contributed by atoms with Crippen LogP contribution >= 0.6 is 11.6 Å². The zero-order valence-electron chi connectivity index (χ0n) is 13.6. The van der Waals surface area contributed by atoms with E-state index < -0.39 is 5.91 Å². The summed E-state index contributed by atoms with van der Waals surface area (Å²) < 4.78 is 0. The number of aromatic amines is 1. The lowest BCUT2D eigenvalue weighted by Gasteiger charge is -2.07. The van der Waals surface area contributed by atoms with E-state index in [2.05, 4.69) is 20.3 Å². The number of rotatable bonds is 3. The number of primary amides is 1. The number of nitrogens with two attached hydrogens (primary N) is 1. The zero-order chi connectivity index (χ0) is 17.6. The van der Waals surface area contributed by atoms with Gasteiger partial charge in [0, 0.05) is 22.7 Å². The average Bonchev–Trinajstić information content (AvgIpc) is 3.23. The molecule has 6 nitrogen and oxygen atoms in total. The number of carbonyl (C=O) groups is 1. The van der Waals surface area contributed by atoms with Gasteiger partial charge < -0.3 is 16.0 Å². The molecule has 1 amide bonds. The van der Waals surface area contributed by atoms with E-state index in [-0.39, 0.29) is 0 Å². The summed E-state index contributed by atoms with van der Waals surface area (Å²) in [7, 11) is 0. The first-order valence-electron chi connectivity index (χ1n) is 7.92. The quantitative estimate of drug-likeness (QED) is 0.673. The Bertz CT molecular complexity index is 995. The fourth-order valence-corrected chi connectivity index (χ4v) is 3.36. The number of H-pyrrole nitrogens is 1. The number of nitrogens with zero attached hydrogens (tertiary/aromatic N) is 2. The topological polar surface area (TPSA) is 96.7 Å². The van der Waals surface area contributed by atoms with Gasteiger partial charge in [0.1, 0.15) is 12.1 Å². The highest BCUT2D eigenvalue weighted by Crippen LogP contribution is 2.34. The monoisotopic (exact) mass is 353 g/mol. The Hall–Kier alpha value is -2.86. The van der Waals surface area contributed by atoms with Gasteiger partial charge in [-0.25, -0.2) is 9.97 Å². The number of amides is 1. The number of hydrogen-bond donors (Lipinski definition) is 3. The van der Waals surface area contributed by atoms with Gasteiger partial charge >= 0.3 is 0 Å². The largest absolute Gasteiger partial charge is 0.369 e. The minimum atomic E-state index is -0.499. The third-order valence-corrected chi connectivity index (χ3v) is 4.66. The molecule has 0 radical (unpaired) electrons. The molecule has 0 unspecified atom stereocenters. The van der Waals surface area contributed by atoms with E-state index in [9.17, 15) is 4.79 Å². The van der Waals surface area contributed by atoms with Crippen molar-refractivity contribution < 1.29 is 4.79 Å². The van der Waals surface area contributed by atoms with Crippen LogP contribution in [0.25, 0.3) is 22.6 Å². The Labute approximate surface area is 149 Å². The molecule has 0 aliphatic carbocycles. The lowest BCUT2D eigenvalue weighted by molar-refractivity contribution is 0.100. The maximum Gasteiger partial charge on any atom is 0.250 e. The van der Waals surface area contributed by atoms with Crippen molar-refractivity contribution in [1.29, 1.82) is 0 Å². The standard InChI is InChI=1S/C18H16ClN5O/c1-9-2-3-10(19)6-12(9)15-13(17(20)25)7-14(24-15)16-11-4-5-21-18(11)23-8-22-16/h2-3,6-8,24H,4-5H2,1H3,(H2,20,25)(H,21,22,23). The van der Waals surface area contributed by atoms with E-state index in [0.29, 0.717) is 16.3 Å². The Kier molecular flexibility index (Phi) is 3.69. The predicted octanol–water partition coefficient (Wildman–Crippen LogP) is 3.17. The summed E-state index contributed by atoms with van der Waals surface area (Å²) in [5.74, 6) is 0.335. The molecule has 0 bridgehead atoms. The highest BCUT2D eigenvalue weighted by atomic mass is 35.5. The normalized spacial score (nSPS) is 12.7. The minimum absolute atomic E-state index is 0.415. The number of hydrogen-bond acceptors (Lipinski definition) is 4. The summed E-state index contributed by atoms with van der Waals surface area (Å²) in [4.78, 5) is 24.0. The van der Waals surface area contributed by atoms with Crippen LogP contribution < -0.4 is 11.1 Å². The van der Waals surface area contributed by atoms with Gasteiger partial charge in [-0.15, -0.1) is 0 Å². The Morgan fingerprint density at radius 1 is 1.28 bits per heavy atom. The third-order valence-electron chi connectivity index (χ3n) is 4.42. The van der Waals surface area contributed by atoms with Gasteiger partial charge in [-0.1, -0.05) is 17.7 Å². The second kappa shape index (κ2) is 5.89. The van der Waals surface area contributed by atoms with E-state index in [1.165, 1.54) is 6.33 Å². The van der Waals surface area contributed by atoms with Crippen LogP contribution in [0.3, 0.4) is 0 Å². The van der Waals surface area contributed by atoms with Gasteiger partial charge in [0.2, 0.25) is 0 Å². The molecule has 0 atom stereocenters. The lowest BCUT2D eigenvalue weighted by atomic mass is 10.0. The van der Waals surface area contributed by atoms with Gasteiger partial charge in [0.05, 0.1) is 22.6 Å². The zero-order valence-corrected chi connectivity index (χ0v) is 14.3. The third kappa shape index (κ3) is 2.64. The Morgan fingerprint density at radius 2 is 2.12 bits per heavy atom. The highest BCUT2D eigenvalue weighted by Gasteiger charge is 2.22. The number of halogens is 1. The van der Waals surface area contributed by atoms with Gasteiger partial charge in [-0.05, 0) is 37.1 Å². The first kappa shape index (κ1) is 15.7. The van der Waals surface area contributed by atoms with Gasteiger partial charge in [0.25, 0.3) is 5.91 Å². The second-order valence-electron chi connectivity index (χ2n) is 6.02. The van der Waals surface area contributed by atoms with Crippen LogP contribution in [0, 0.1) is 6.92 Å². The molecule has 0 spiro atoms. The SMILES string of the molecule is Cc1ccc(Cl)cc1-c1[nH]c(-c2ncnc3c2CCN3)cc1C(N)=O. The second-order valence-corrected chi connectivity index (χ2v) is 6.46. The number of anilines is 1. The van der Waals surface area contributed by atoms with Crippen molar-refractivity contribution in [3.05, 3.63) is 52.3 Å². The van der Waals surface area contributed by atoms with Crippen LogP contribution in [-0.4, -0.2) is 27.4 Å². The fourth-order valence-electron chi connectivity index (χ4n) is 3.19. The molecule has 0 saturated heterocycles. The van der Waals surface area contributed by atoms with Crippen LogP contribution in [0.1, 0.15) is 21.5 Å². The summed E-state index contributed by atoms with van der Waals surface area (Å²) in [5, 5.41) is 3.83. The molecular formula is C18H16ClN5O. The minimum Gasteiger partial charge on any atom is -0.369 e. The van der Waals surface area contributed by atoms with Gasteiger partial charge in [-0.3, -0.25) is 4.79 Å². The number of aromatic nitrogens is 3. The summed E-state index contributed by atoms with van der Waals surface area (Å²) in [6.45, 7) is 2.79. The van der Waals surface area contributed by atoms with E-state index >= 15 is 0 Å². The number of nitrogens with one attached hydrogen (secondary N) is 2. The number of aryl methyl sites for hydroxylation is 1. The van der Waals surface area contributed by atoms with Crippen LogP contribution in [0.4, 0.5) is 5.82 Å². The summed E-state index contributed by atoms with van der Waals surface area (Å²) in [6, 6.07) is 7.30. The molecule has 1 aromatic carbocycles. The molecule has 4 rings (SSSR count). The predicted molar refractivity (Wildman–Crippen MR) is 97.7 cm³/mol. The van der Waals surface area contributed by atoms with E-state index in [0.717, 1.165) is 46.9 Å². The Balaban J connectivity index is 1.92. The molecule has 2 aromatic heterocycles. The molecule has 7 heteroatoms. The molecule has 4 N–H and O–H groups in total. The first-order chi connectivity index (χ1) is 12.0. The summed E-state index contributed by atoms with van der Waals surface area (Å²) in [5.41, 5.74) is 11.1. The number of fused-ring (bicyclic) bond motifs is 1. The molecule has 25 heavy (non-hydrogen) atoms. The molecule has 126 valence electrons. The van der Waals surface area contributed by atoms with Crippen LogP contribution in [0.15, 0.2) is 30.6 Å². The molecule has 3 heterocycles. The van der Waals surface area contributed by atoms with E-state index in [1.54, 1.807) is 6.07 Å². The maximum atomic E-state index is 12.0. The molecule has 3 aromatic rings. The van der Waals surface area contributed by atoms with Crippen molar-refractivity contribution in [2.24, 2.45) is 5.73 Å². The molecule has 0 fully saturated rings. The smallest absolute Gasteiger partial charge is 0.250 e. The average molecular weight is 354 g/mol. The van der Waals surface area contributed by atoms with Crippen LogP contribution in [0.5, 0.6) is 0 Å². The molecule has 1 aliphatic heterocycles. The van der Waals surface area contributed by atoms with Crippen molar-refractivity contribution in [3.8, 4) is 22.6 Å². The lowest BCUT2D eigenvalue weighted by Crippen LogP contribution is -2.11. The number of benzene rings is 1. The Morgan fingerprint density at radius 3 is 2.92 bits per heavy atom. The molecular weight excluding hydrogens is 338 g/mol. The van der Waals surface area contributed by atoms with E-state index in [4.69, 9.17) is 17.3 Å². The van der Waals surface area contributed by atoms with Crippen molar-refractivity contribution in [2.45, 2.75) is 13.3 Å². The highest BCUT2D eigenvalue weighted by molar-refractivity contribution is 6.31. The van der Waals surface area contributed by atoms with Crippen molar-refractivity contribution in [2.75, 3.05) is 11.9 Å². The van der Waals surface area contributed by atoms with Crippen molar-refractivity contribution in [3.63, 3.8) is 0 Å². The summed E-state index contributed by atoms with van der Waals surface area (Å²) in [6.07, 6.45) is 2.35. The van der Waals surface area contributed by atoms with Gasteiger partial charge in [-0.2, -0.15) is 0 Å².